The number of aromatic carboxylic acids is 1. The minimum Gasteiger partial charge on any atom is -0.476 e. The Morgan fingerprint density at radius 2 is 2.11 bits per heavy atom. The largest absolute Gasteiger partial charge is 0.476 e. The highest BCUT2D eigenvalue weighted by atomic mass is 16.4. The van der Waals surface area contributed by atoms with E-state index in [1.54, 1.807) is 10.9 Å². The van der Waals surface area contributed by atoms with E-state index in [4.69, 9.17) is 5.11 Å². The van der Waals surface area contributed by atoms with Crippen LogP contribution in [0.3, 0.4) is 0 Å². The number of aryl methyl sites for hydroxylation is 2. The zero-order chi connectivity index (χ0) is 13.4. The molecule has 0 saturated carbocycles. The van der Waals surface area contributed by atoms with Gasteiger partial charge in [0.15, 0.2) is 11.5 Å². The molecular weight excluding hydrogens is 244 g/mol. The summed E-state index contributed by atoms with van der Waals surface area (Å²) >= 11 is 0. The Balaban J connectivity index is 2.12. The van der Waals surface area contributed by atoms with Crippen molar-refractivity contribution in [2.24, 2.45) is 0 Å². The van der Waals surface area contributed by atoms with Crippen LogP contribution in [0.1, 0.15) is 40.4 Å². The highest BCUT2D eigenvalue weighted by Gasteiger charge is 2.19. The summed E-state index contributed by atoms with van der Waals surface area (Å²) in [7, 11) is 0. The third kappa shape index (κ3) is 2.09. The van der Waals surface area contributed by atoms with Gasteiger partial charge in [0.1, 0.15) is 5.82 Å². The number of carbonyl (C=O) groups is 1. The molecule has 1 N–H and O–H groups in total. The lowest BCUT2D eigenvalue weighted by Crippen LogP contribution is -2.14. The van der Waals surface area contributed by atoms with Crippen molar-refractivity contribution >= 4 is 5.97 Å². The first-order chi connectivity index (χ1) is 9.15. The maximum absolute atomic E-state index is 10.9. The van der Waals surface area contributed by atoms with Gasteiger partial charge in [0, 0.05) is 17.5 Å². The van der Waals surface area contributed by atoms with Crippen LogP contribution in [0.15, 0.2) is 12.3 Å². The molecular formula is C13H14N4O2. The quantitative estimate of drug-likeness (QED) is 0.883. The lowest BCUT2D eigenvalue weighted by Gasteiger charge is -2.18. The van der Waals surface area contributed by atoms with Gasteiger partial charge < -0.3 is 5.11 Å². The molecule has 2 aromatic heterocycles. The molecule has 0 atom stereocenters. The molecule has 0 aliphatic heterocycles. The second-order valence-electron chi connectivity index (χ2n) is 4.68. The van der Waals surface area contributed by atoms with Crippen molar-refractivity contribution in [2.45, 2.75) is 32.6 Å². The SMILES string of the molecule is Cc1nc2c(c(-n3ccc(C(=O)O)n3)n1)CCCC2. The molecule has 1 aliphatic carbocycles. The average Bonchev–Trinajstić information content (AvgIpc) is 2.87. The first-order valence-electron chi connectivity index (χ1n) is 6.31. The van der Waals surface area contributed by atoms with Crippen LogP contribution in [-0.4, -0.2) is 30.8 Å². The maximum atomic E-state index is 10.9. The average molecular weight is 258 g/mol. The van der Waals surface area contributed by atoms with Gasteiger partial charge in [-0.05, 0) is 38.7 Å². The summed E-state index contributed by atoms with van der Waals surface area (Å²) in [6.45, 7) is 1.85. The topological polar surface area (TPSA) is 80.9 Å². The van der Waals surface area contributed by atoms with Gasteiger partial charge in [-0.25, -0.2) is 19.4 Å². The Bertz CT molecular complexity index is 648. The van der Waals surface area contributed by atoms with Crippen molar-refractivity contribution in [1.29, 1.82) is 0 Å². The van der Waals surface area contributed by atoms with Gasteiger partial charge in [-0.2, -0.15) is 5.10 Å². The molecule has 0 bridgehead atoms. The van der Waals surface area contributed by atoms with Gasteiger partial charge >= 0.3 is 5.97 Å². The highest BCUT2D eigenvalue weighted by molar-refractivity contribution is 5.85. The third-order valence-corrected chi connectivity index (χ3v) is 3.30. The van der Waals surface area contributed by atoms with Crippen molar-refractivity contribution in [1.82, 2.24) is 19.7 Å². The van der Waals surface area contributed by atoms with E-state index in [1.807, 2.05) is 6.92 Å². The Labute approximate surface area is 110 Å². The minimum absolute atomic E-state index is 0.0285. The summed E-state index contributed by atoms with van der Waals surface area (Å²) in [4.78, 5) is 19.8. The van der Waals surface area contributed by atoms with E-state index in [0.717, 1.165) is 42.8 Å². The molecule has 0 saturated heterocycles. The van der Waals surface area contributed by atoms with E-state index < -0.39 is 5.97 Å². The van der Waals surface area contributed by atoms with Crippen molar-refractivity contribution in [2.75, 3.05) is 0 Å². The van der Waals surface area contributed by atoms with Crippen molar-refractivity contribution < 1.29 is 9.90 Å². The number of nitrogens with zero attached hydrogens (tertiary/aromatic N) is 4. The van der Waals surface area contributed by atoms with E-state index in [9.17, 15) is 4.79 Å². The van der Waals surface area contributed by atoms with E-state index in [2.05, 4.69) is 15.1 Å². The molecule has 6 heteroatoms. The Kier molecular flexibility index (Phi) is 2.77. The molecule has 0 unspecified atom stereocenters. The predicted molar refractivity (Wildman–Crippen MR) is 67.5 cm³/mol. The Hall–Kier alpha value is -2.24. The van der Waals surface area contributed by atoms with Crippen LogP contribution in [0.25, 0.3) is 5.82 Å². The summed E-state index contributed by atoms with van der Waals surface area (Å²) in [5.41, 5.74) is 2.19. The molecule has 3 rings (SSSR count). The lowest BCUT2D eigenvalue weighted by molar-refractivity contribution is 0.0690. The molecule has 19 heavy (non-hydrogen) atoms. The Morgan fingerprint density at radius 1 is 1.32 bits per heavy atom. The summed E-state index contributed by atoms with van der Waals surface area (Å²) < 4.78 is 1.54. The summed E-state index contributed by atoms with van der Waals surface area (Å²) in [6, 6.07) is 1.48. The van der Waals surface area contributed by atoms with E-state index in [-0.39, 0.29) is 5.69 Å². The Morgan fingerprint density at radius 3 is 2.84 bits per heavy atom. The zero-order valence-corrected chi connectivity index (χ0v) is 10.6. The molecule has 0 amide bonds. The number of fused-ring (bicyclic) bond motifs is 1. The molecule has 0 radical (unpaired) electrons. The van der Waals surface area contributed by atoms with Crippen molar-refractivity contribution in [3.8, 4) is 5.82 Å². The normalized spacial score (nSPS) is 14.2. The van der Waals surface area contributed by atoms with E-state index >= 15 is 0 Å². The van der Waals surface area contributed by atoms with Gasteiger partial charge in [0.05, 0.1) is 0 Å². The lowest BCUT2D eigenvalue weighted by atomic mass is 9.96. The fourth-order valence-electron chi connectivity index (χ4n) is 2.44. The first kappa shape index (κ1) is 11.8. The molecule has 1 aliphatic rings. The van der Waals surface area contributed by atoms with Gasteiger partial charge in [-0.15, -0.1) is 0 Å². The van der Waals surface area contributed by atoms with Gasteiger partial charge in [-0.3, -0.25) is 0 Å². The van der Waals surface area contributed by atoms with Crippen LogP contribution in [0.5, 0.6) is 0 Å². The first-order valence-corrected chi connectivity index (χ1v) is 6.31. The maximum Gasteiger partial charge on any atom is 0.356 e. The molecule has 2 aromatic rings. The van der Waals surface area contributed by atoms with Gasteiger partial charge in [0.25, 0.3) is 0 Å². The highest BCUT2D eigenvalue weighted by Crippen LogP contribution is 2.24. The molecule has 0 fully saturated rings. The van der Waals surface area contributed by atoms with Crippen LogP contribution in [0.4, 0.5) is 0 Å². The smallest absolute Gasteiger partial charge is 0.356 e. The fraction of sp³-hybridized carbons (Fsp3) is 0.385. The van der Waals surface area contributed by atoms with Crippen molar-refractivity contribution in [3.63, 3.8) is 0 Å². The zero-order valence-electron chi connectivity index (χ0n) is 10.6. The predicted octanol–water partition coefficient (Wildman–Crippen LogP) is 1.55. The van der Waals surface area contributed by atoms with E-state index in [1.165, 1.54) is 6.07 Å². The van der Waals surface area contributed by atoms with Crippen LogP contribution in [0, 0.1) is 6.92 Å². The van der Waals surface area contributed by atoms with Crippen LogP contribution < -0.4 is 0 Å². The number of rotatable bonds is 2. The van der Waals surface area contributed by atoms with Crippen LogP contribution in [0.2, 0.25) is 0 Å². The van der Waals surface area contributed by atoms with Gasteiger partial charge in [-0.1, -0.05) is 0 Å². The fourth-order valence-corrected chi connectivity index (χ4v) is 2.44. The van der Waals surface area contributed by atoms with Crippen molar-refractivity contribution in [3.05, 3.63) is 35.0 Å². The molecule has 2 heterocycles. The molecule has 0 spiro atoms. The molecule has 98 valence electrons. The van der Waals surface area contributed by atoms with Crippen LogP contribution >= 0.6 is 0 Å². The standard InChI is InChI=1S/C13H14N4O2/c1-8-14-10-5-3-2-4-9(10)12(15-8)17-7-6-11(16-17)13(18)19/h6-7H,2-5H2,1H3,(H,18,19). The molecule has 0 aromatic carbocycles. The summed E-state index contributed by atoms with van der Waals surface area (Å²) in [6.07, 6.45) is 5.77. The summed E-state index contributed by atoms with van der Waals surface area (Å²) in [5.74, 6) is 0.385. The third-order valence-electron chi connectivity index (χ3n) is 3.30. The second kappa shape index (κ2) is 4.46. The number of carboxylic acid groups (broad SMARTS) is 1. The number of hydrogen-bond donors (Lipinski definition) is 1. The monoisotopic (exact) mass is 258 g/mol. The molecule has 6 nitrogen and oxygen atoms in total. The second-order valence-corrected chi connectivity index (χ2v) is 4.68. The number of aromatic nitrogens is 4. The van der Waals surface area contributed by atoms with Crippen LogP contribution in [-0.2, 0) is 12.8 Å². The van der Waals surface area contributed by atoms with Gasteiger partial charge in [0.2, 0.25) is 0 Å². The minimum atomic E-state index is -1.03. The number of hydrogen-bond acceptors (Lipinski definition) is 4. The van der Waals surface area contributed by atoms with E-state index in [0.29, 0.717) is 5.82 Å². The summed E-state index contributed by atoms with van der Waals surface area (Å²) in [5, 5.41) is 13.0. The number of carboxylic acids is 1.